The van der Waals surface area contributed by atoms with E-state index in [-0.39, 0.29) is 18.0 Å². The molecular formula is C18H17BrN4O2. The molecule has 3 aromatic rings. The second-order valence-electron chi connectivity index (χ2n) is 6.25. The number of anilines is 1. The lowest BCUT2D eigenvalue weighted by Gasteiger charge is -2.10. The van der Waals surface area contributed by atoms with Gasteiger partial charge in [0.25, 0.3) is 5.56 Å². The third kappa shape index (κ3) is 2.89. The highest BCUT2D eigenvalue weighted by molar-refractivity contribution is 9.10. The largest absolute Gasteiger partial charge is 0.330 e. The fraction of sp³-hybridized carbons (Fsp3) is 0.278. The highest BCUT2D eigenvalue weighted by atomic mass is 79.9. The van der Waals surface area contributed by atoms with Crippen LogP contribution in [0.5, 0.6) is 0 Å². The van der Waals surface area contributed by atoms with E-state index in [0.29, 0.717) is 17.6 Å². The minimum atomic E-state index is -0.173. The second-order valence-corrected chi connectivity index (χ2v) is 7.16. The molecule has 1 aliphatic rings. The van der Waals surface area contributed by atoms with Gasteiger partial charge in [0.05, 0.1) is 5.52 Å². The quantitative estimate of drug-likeness (QED) is 0.734. The van der Waals surface area contributed by atoms with Crippen molar-refractivity contribution in [2.45, 2.75) is 32.9 Å². The van der Waals surface area contributed by atoms with E-state index in [4.69, 9.17) is 0 Å². The summed E-state index contributed by atoms with van der Waals surface area (Å²) in [5.74, 6) is 0.668. The lowest BCUT2D eigenvalue weighted by molar-refractivity contribution is -0.116. The summed E-state index contributed by atoms with van der Waals surface area (Å²) >= 11 is 3.37. The highest BCUT2D eigenvalue weighted by Gasteiger charge is 2.20. The van der Waals surface area contributed by atoms with E-state index in [1.807, 2.05) is 37.3 Å². The van der Waals surface area contributed by atoms with Gasteiger partial charge in [-0.15, -0.1) is 0 Å². The maximum Gasteiger partial charge on any atom is 0.278 e. The van der Waals surface area contributed by atoms with Crippen LogP contribution in [0.25, 0.3) is 11.0 Å². The van der Waals surface area contributed by atoms with Gasteiger partial charge in [-0.05, 0) is 43.7 Å². The molecule has 0 spiro atoms. The Balaban J connectivity index is 1.67. The van der Waals surface area contributed by atoms with Crippen LogP contribution in [0.15, 0.2) is 39.6 Å². The van der Waals surface area contributed by atoms with Gasteiger partial charge in [-0.3, -0.25) is 14.2 Å². The van der Waals surface area contributed by atoms with Crippen molar-refractivity contribution in [2.24, 2.45) is 0 Å². The molecule has 2 aromatic heterocycles. The number of carbonyl (C=O) groups is 1. The maximum atomic E-state index is 12.8. The van der Waals surface area contributed by atoms with Crippen LogP contribution >= 0.6 is 15.9 Å². The topological polar surface area (TPSA) is 68.9 Å². The van der Waals surface area contributed by atoms with Crippen molar-refractivity contribution in [2.75, 3.05) is 5.32 Å². The number of hydrogen-bond acceptors (Lipinski definition) is 3. The Bertz CT molecular complexity index is 1030. The van der Waals surface area contributed by atoms with Gasteiger partial charge in [-0.2, -0.15) is 0 Å². The summed E-state index contributed by atoms with van der Waals surface area (Å²) in [6.07, 6.45) is 1.78. The predicted molar refractivity (Wildman–Crippen MR) is 99.8 cm³/mol. The number of amides is 1. The fourth-order valence-corrected chi connectivity index (χ4v) is 3.58. The fourth-order valence-electron chi connectivity index (χ4n) is 3.31. The van der Waals surface area contributed by atoms with Crippen LogP contribution in [0.3, 0.4) is 0 Å². The summed E-state index contributed by atoms with van der Waals surface area (Å²) in [6, 6.07) is 9.26. The molecule has 128 valence electrons. The average molecular weight is 401 g/mol. The van der Waals surface area contributed by atoms with Gasteiger partial charge in [0.2, 0.25) is 5.91 Å². The molecule has 7 heteroatoms. The van der Waals surface area contributed by atoms with E-state index in [0.717, 1.165) is 34.5 Å². The van der Waals surface area contributed by atoms with Gasteiger partial charge in [0.15, 0.2) is 0 Å². The first-order valence-electron chi connectivity index (χ1n) is 8.18. The summed E-state index contributed by atoms with van der Waals surface area (Å²) in [7, 11) is 0. The Morgan fingerprint density at radius 3 is 2.84 bits per heavy atom. The lowest BCUT2D eigenvalue weighted by atomic mass is 10.3. The van der Waals surface area contributed by atoms with Gasteiger partial charge < -0.3 is 9.88 Å². The molecule has 6 nitrogen and oxygen atoms in total. The third-order valence-electron chi connectivity index (χ3n) is 4.50. The molecule has 0 saturated carbocycles. The number of aryl methyl sites for hydroxylation is 2. The van der Waals surface area contributed by atoms with Crippen molar-refractivity contribution in [3.05, 3.63) is 56.7 Å². The molecule has 0 unspecified atom stereocenters. The molecule has 0 fully saturated rings. The molecule has 1 N–H and O–H groups in total. The summed E-state index contributed by atoms with van der Waals surface area (Å²) in [5.41, 5.74) is 2.70. The van der Waals surface area contributed by atoms with Gasteiger partial charge >= 0.3 is 0 Å². The number of nitrogens with zero attached hydrogens (tertiary/aromatic N) is 3. The van der Waals surface area contributed by atoms with Crippen molar-refractivity contribution in [3.8, 4) is 0 Å². The standard InChI is InChI=1S/C18H17BrN4O2/c1-11-9-14-17(18(25)22-8-2-3-15(22)21-14)23(11)10-16(24)20-13-6-4-12(19)5-7-13/h4-7,9H,2-3,8,10H2,1H3,(H,20,24). The first-order valence-corrected chi connectivity index (χ1v) is 8.97. The van der Waals surface area contributed by atoms with Gasteiger partial charge in [-0.25, -0.2) is 4.98 Å². The molecule has 0 saturated heterocycles. The van der Waals surface area contributed by atoms with Crippen molar-refractivity contribution >= 4 is 38.6 Å². The summed E-state index contributed by atoms with van der Waals surface area (Å²) in [4.78, 5) is 29.8. The minimum Gasteiger partial charge on any atom is -0.330 e. The molecule has 25 heavy (non-hydrogen) atoms. The smallest absolute Gasteiger partial charge is 0.278 e. The van der Waals surface area contributed by atoms with E-state index < -0.39 is 0 Å². The van der Waals surface area contributed by atoms with Crippen molar-refractivity contribution in [1.82, 2.24) is 14.1 Å². The molecule has 0 aliphatic carbocycles. The van der Waals surface area contributed by atoms with Crippen LogP contribution < -0.4 is 10.9 Å². The molecule has 4 rings (SSSR count). The zero-order chi connectivity index (χ0) is 17.6. The maximum absolute atomic E-state index is 12.8. The zero-order valence-electron chi connectivity index (χ0n) is 13.8. The lowest BCUT2D eigenvalue weighted by Crippen LogP contribution is -2.26. The number of aromatic nitrogens is 3. The average Bonchev–Trinajstić information content (AvgIpc) is 3.15. The molecule has 1 amide bonds. The number of hydrogen-bond donors (Lipinski definition) is 1. The van der Waals surface area contributed by atoms with Gasteiger partial charge in [0.1, 0.15) is 17.9 Å². The Morgan fingerprint density at radius 1 is 1.32 bits per heavy atom. The highest BCUT2D eigenvalue weighted by Crippen LogP contribution is 2.19. The summed E-state index contributed by atoms with van der Waals surface area (Å²) in [6.45, 7) is 2.68. The third-order valence-corrected chi connectivity index (χ3v) is 5.03. The Hall–Kier alpha value is -2.41. The molecule has 1 aliphatic heterocycles. The van der Waals surface area contributed by atoms with E-state index in [9.17, 15) is 9.59 Å². The number of benzene rings is 1. The second kappa shape index (κ2) is 6.15. The number of nitrogens with one attached hydrogen (secondary N) is 1. The van der Waals surface area contributed by atoms with Gasteiger partial charge in [0, 0.05) is 28.8 Å². The van der Waals surface area contributed by atoms with E-state index in [1.165, 1.54) is 0 Å². The van der Waals surface area contributed by atoms with Crippen molar-refractivity contribution in [1.29, 1.82) is 0 Å². The number of fused-ring (bicyclic) bond motifs is 2. The molecule has 3 heterocycles. The Morgan fingerprint density at radius 2 is 2.08 bits per heavy atom. The molecular weight excluding hydrogens is 384 g/mol. The van der Waals surface area contributed by atoms with Crippen LogP contribution in [0, 0.1) is 6.92 Å². The molecule has 0 bridgehead atoms. The number of carbonyl (C=O) groups excluding carboxylic acids is 1. The van der Waals surface area contributed by atoms with Crippen molar-refractivity contribution < 1.29 is 4.79 Å². The van der Waals surface area contributed by atoms with E-state index >= 15 is 0 Å². The van der Waals surface area contributed by atoms with Crippen LogP contribution in [0.1, 0.15) is 17.9 Å². The molecule has 0 atom stereocenters. The number of rotatable bonds is 3. The van der Waals surface area contributed by atoms with Crippen LogP contribution in [0.4, 0.5) is 5.69 Å². The molecule has 1 aromatic carbocycles. The Kier molecular flexibility index (Phi) is 3.95. The minimum absolute atomic E-state index is 0.0537. The Labute approximate surface area is 152 Å². The van der Waals surface area contributed by atoms with E-state index in [1.54, 1.807) is 9.13 Å². The van der Waals surface area contributed by atoms with E-state index in [2.05, 4.69) is 26.2 Å². The van der Waals surface area contributed by atoms with Crippen LogP contribution in [-0.2, 0) is 24.3 Å². The monoisotopic (exact) mass is 400 g/mol. The number of halogens is 1. The first-order chi connectivity index (χ1) is 12.0. The zero-order valence-corrected chi connectivity index (χ0v) is 15.3. The molecule has 0 radical (unpaired) electrons. The normalized spacial score (nSPS) is 13.2. The first kappa shape index (κ1) is 16.1. The SMILES string of the molecule is Cc1cc2nc3n(c(=O)c2n1CC(=O)Nc1ccc(Br)cc1)CCC3. The summed E-state index contributed by atoms with van der Waals surface area (Å²) < 4.78 is 4.43. The van der Waals surface area contributed by atoms with Crippen LogP contribution in [0.2, 0.25) is 0 Å². The van der Waals surface area contributed by atoms with Gasteiger partial charge in [-0.1, -0.05) is 15.9 Å². The predicted octanol–water partition coefficient (Wildman–Crippen LogP) is 2.85. The van der Waals surface area contributed by atoms with Crippen LogP contribution in [-0.4, -0.2) is 20.0 Å². The van der Waals surface area contributed by atoms with Crippen molar-refractivity contribution in [3.63, 3.8) is 0 Å². The summed E-state index contributed by atoms with van der Waals surface area (Å²) in [5, 5.41) is 2.86.